The molecule has 0 bridgehead atoms. The van der Waals surface area contributed by atoms with Crippen molar-refractivity contribution in [3.8, 4) is 5.69 Å². The van der Waals surface area contributed by atoms with Gasteiger partial charge in [-0.3, -0.25) is 9.69 Å². The van der Waals surface area contributed by atoms with Crippen molar-refractivity contribution in [3.63, 3.8) is 0 Å². The van der Waals surface area contributed by atoms with E-state index in [1.165, 1.54) is 5.56 Å². The predicted octanol–water partition coefficient (Wildman–Crippen LogP) is 3.55. The van der Waals surface area contributed by atoms with Crippen molar-refractivity contribution in [2.24, 2.45) is 5.92 Å². The first-order valence-electron chi connectivity index (χ1n) is 8.22. The number of halogens is 1. The molecule has 0 saturated carbocycles. The molecular weight excluding hydrogens is 370 g/mol. The van der Waals surface area contributed by atoms with Crippen LogP contribution in [0.3, 0.4) is 0 Å². The molecule has 5 nitrogen and oxygen atoms in total. The van der Waals surface area contributed by atoms with Crippen LogP contribution in [0.4, 0.5) is 0 Å². The van der Waals surface area contributed by atoms with Gasteiger partial charge in [-0.1, -0.05) is 15.9 Å². The van der Waals surface area contributed by atoms with Gasteiger partial charge in [0.15, 0.2) is 0 Å². The lowest BCUT2D eigenvalue weighted by atomic mass is 9.97. The number of piperidine rings is 1. The summed E-state index contributed by atoms with van der Waals surface area (Å²) in [5, 5.41) is 13.9. The molecule has 1 fully saturated rings. The fraction of sp³-hybridized carbons (Fsp3) is 0.444. The lowest BCUT2D eigenvalue weighted by Crippen LogP contribution is -2.38. The van der Waals surface area contributed by atoms with Crippen LogP contribution in [0.25, 0.3) is 5.69 Å². The number of nitrogens with zero attached hydrogens (tertiary/aromatic N) is 3. The normalized spacial score (nSPS) is 18.7. The van der Waals surface area contributed by atoms with Gasteiger partial charge in [0.25, 0.3) is 0 Å². The molecule has 1 aliphatic rings. The minimum absolute atomic E-state index is 0.249. The summed E-state index contributed by atoms with van der Waals surface area (Å²) < 4.78 is 3.01. The third-order valence-corrected chi connectivity index (χ3v) is 5.28. The minimum atomic E-state index is -0.682. The van der Waals surface area contributed by atoms with E-state index in [-0.39, 0.29) is 5.92 Å². The van der Waals surface area contributed by atoms with Crippen LogP contribution in [0.5, 0.6) is 0 Å². The van der Waals surface area contributed by atoms with E-state index in [0.29, 0.717) is 6.54 Å². The summed E-state index contributed by atoms with van der Waals surface area (Å²) in [5.41, 5.74) is 4.36. The fourth-order valence-corrected chi connectivity index (χ4v) is 3.63. The predicted molar refractivity (Wildman–Crippen MR) is 96.4 cm³/mol. The van der Waals surface area contributed by atoms with Gasteiger partial charge in [-0.05, 0) is 57.5 Å². The van der Waals surface area contributed by atoms with Gasteiger partial charge in [0.1, 0.15) is 0 Å². The van der Waals surface area contributed by atoms with Crippen molar-refractivity contribution in [2.45, 2.75) is 33.2 Å². The average Bonchev–Trinajstić information content (AvgIpc) is 2.84. The van der Waals surface area contributed by atoms with Gasteiger partial charge in [-0.2, -0.15) is 5.10 Å². The number of carboxylic acid groups (broad SMARTS) is 1. The molecule has 1 aliphatic heterocycles. The number of hydrogen-bond donors (Lipinski definition) is 1. The van der Waals surface area contributed by atoms with Crippen molar-refractivity contribution in [3.05, 3.63) is 45.7 Å². The summed E-state index contributed by atoms with van der Waals surface area (Å²) in [7, 11) is 0. The number of likely N-dealkylation sites (tertiary alicyclic amines) is 1. The Balaban J connectivity index is 1.81. The van der Waals surface area contributed by atoms with Gasteiger partial charge < -0.3 is 5.11 Å². The Bertz CT molecular complexity index is 739. The zero-order valence-corrected chi connectivity index (χ0v) is 15.6. The van der Waals surface area contributed by atoms with E-state index in [1.54, 1.807) is 0 Å². The van der Waals surface area contributed by atoms with Gasteiger partial charge in [0.05, 0.1) is 17.3 Å². The Morgan fingerprint density at radius 3 is 2.71 bits per heavy atom. The van der Waals surface area contributed by atoms with Crippen LogP contribution >= 0.6 is 15.9 Å². The highest BCUT2D eigenvalue weighted by atomic mass is 79.9. The van der Waals surface area contributed by atoms with Crippen LogP contribution in [0.2, 0.25) is 0 Å². The van der Waals surface area contributed by atoms with Crippen molar-refractivity contribution < 1.29 is 9.90 Å². The molecule has 1 N–H and O–H groups in total. The second kappa shape index (κ2) is 7.07. The number of hydrogen-bond acceptors (Lipinski definition) is 3. The average molecular weight is 392 g/mol. The molecule has 1 aromatic heterocycles. The van der Waals surface area contributed by atoms with Gasteiger partial charge in [0.2, 0.25) is 0 Å². The molecule has 1 aromatic carbocycles. The van der Waals surface area contributed by atoms with Gasteiger partial charge in [-0.15, -0.1) is 0 Å². The number of aromatic nitrogens is 2. The van der Waals surface area contributed by atoms with Crippen molar-refractivity contribution >= 4 is 21.9 Å². The van der Waals surface area contributed by atoms with E-state index in [1.807, 2.05) is 35.9 Å². The van der Waals surface area contributed by atoms with E-state index in [4.69, 9.17) is 0 Å². The quantitative estimate of drug-likeness (QED) is 0.865. The third-order valence-electron chi connectivity index (χ3n) is 4.75. The van der Waals surface area contributed by atoms with Crippen LogP contribution < -0.4 is 0 Å². The van der Waals surface area contributed by atoms with Crippen molar-refractivity contribution in [1.82, 2.24) is 14.7 Å². The van der Waals surface area contributed by atoms with Crippen molar-refractivity contribution in [1.29, 1.82) is 0 Å². The number of rotatable bonds is 4. The molecule has 0 amide bonds. The second-order valence-electron chi connectivity index (χ2n) is 6.45. The van der Waals surface area contributed by atoms with E-state index >= 15 is 0 Å². The number of aryl methyl sites for hydroxylation is 1. The molecule has 1 atom stereocenters. The van der Waals surface area contributed by atoms with Crippen LogP contribution in [-0.4, -0.2) is 38.8 Å². The van der Waals surface area contributed by atoms with Gasteiger partial charge in [0, 0.05) is 28.8 Å². The zero-order valence-electron chi connectivity index (χ0n) is 14.0. The van der Waals surface area contributed by atoms with Crippen LogP contribution in [0.15, 0.2) is 28.7 Å². The number of carboxylic acids is 1. The van der Waals surface area contributed by atoms with E-state index in [2.05, 4.69) is 32.9 Å². The molecule has 6 heteroatoms. The summed E-state index contributed by atoms with van der Waals surface area (Å²) >= 11 is 3.45. The highest BCUT2D eigenvalue weighted by molar-refractivity contribution is 9.10. The molecule has 2 aromatic rings. The van der Waals surface area contributed by atoms with E-state index < -0.39 is 5.97 Å². The maximum Gasteiger partial charge on any atom is 0.307 e. The minimum Gasteiger partial charge on any atom is -0.481 e. The lowest BCUT2D eigenvalue weighted by Gasteiger charge is -2.30. The number of benzene rings is 1. The Morgan fingerprint density at radius 2 is 2.04 bits per heavy atom. The number of carbonyl (C=O) groups is 1. The largest absolute Gasteiger partial charge is 0.481 e. The van der Waals surface area contributed by atoms with Crippen LogP contribution in [0.1, 0.15) is 29.8 Å². The molecule has 1 unspecified atom stereocenters. The maximum atomic E-state index is 11.3. The Labute approximate surface area is 150 Å². The molecule has 0 spiro atoms. The van der Waals surface area contributed by atoms with E-state index in [9.17, 15) is 9.90 Å². The summed E-state index contributed by atoms with van der Waals surface area (Å²) in [6.45, 7) is 6.44. The first kappa shape index (κ1) is 17.2. The Hall–Kier alpha value is -1.66. The second-order valence-corrected chi connectivity index (χ2v) is 7.37. The smallest absolute Gasteiger partial charge is 0.307 e. The first-order valence-corrected chi connectivity index (χ1v) is 9.01. The van der Waals surface area contributed by atoms with Gasteiger partial charge >= 0.3 is 5.97 Å². The van der Waals surface area contributed by atoms with Crippen LogP contribution in [-0.2, 0) is 11.3 Å². The molecule has 0 aliphatic carbocycles. The van der Waals surface area contributed by atoms with E-state index in [0.717, 1.165) is 47.5 Å². The molecule has 128 valence electrons. The summed E-state index contributed by atoms with van der Waals surface area (Å²) in [6.07, 6.45) is 1.72. The SMILES string of the molecule is Cc1nn(-c2ccc(Br)cc2)c(C)c1CN1CCCC(C(=O)O)C1. The monoisotopic (exact) mass is 391 g/mol. The summed E-state index contributed by atoms with van der Waals surface area (Å²) in [6, 6.07) is 8.09. The zero-order chi connectivity index (χ0) is 17.3. The van der Waals surface area contributed by atoms with Crippen molar-refractivity contribution in [2.75, 3.05) is 13.1 Å². The van der Waals surface area contributed by atoms with Gasteiger partial charge in [-0.25, -0.2) is 4.68 Å². The summed E-state index contributed by atoms with van der Waals surface area (Å²) in [4.78, 5) is 13.5. The number of aliphatic carboxylic acids is 1. The molecular formula is C18H22BrN3O2. The first-order chi connectivity index (χ1) is 11.5. The molecule has 3 rings (SSSR count). The molecule has 1 saturated heterocycles. The summed E-state index contributed by atoms with van der Waals surface area (Å²) in [5.74, 6) is -0.931. The fourth-order valence-electron chi connectivity index (χ4n) is 3.36. The van der Waals surface area contributed by atoms with Crippen LogP contribution in [0, 0.1) is 19.8 Å². The standard InChI is InChI=1S/C18H22BrN3O2/c1-12-17(11-21-9-3-4-14(10-21)18(23)24)13(2)22(20-12)16-7-5-15(19)6-8-16/h5-8,14H,3-4,9-11H2,1-2H3,(H,23,24). The molecule has 24 heavy (non-hydrogen) atoms. The Kier molecular flexibility index (Phi) is 5.06. The lowest BCUT2D eigenvalue weighted by molar-refractivity contribution is -0.143. The molecule has 0 radical (unpaired) electrons. The highest BCUT2D eigenvalue weighted by Crippen LogP contribution is 2.24. The highest BCUT2D eigenvalue weighted by Gasteiger charge is 2.26. The molecule has 2 heterocycles. The third kappa shape index (κ3) is 3.54. The Morgan fingerprint density at radius 1 is 1.33 bits per heavy atom. The topological polar surface area (TPSA) is 58.4 Å². The maximum absolute atomic E-state index is 11.3.